The molecule has 18 heavy (non-hydrogen) atoms. The topological polar surface area (TPSA) is 55.6 Å². The summed E-state index contributed by atoms with van der Waals surface area (Å²) in [5.41, 5.74) is 6.41. The molecule has 0 saturated carbocycles. The number of hydroxylamine groups is 2. The van der Waals surface area contributed by atoms with E-state index in [9.17, 15) is 4.79 Å². The van der Waals surface area contributed by atoms with E-state index in [4.69, 9.17) is 10.6 Å². The van der Waals surface area contributed by atoms with Crippen molar-refractivity contribution < 1.29 is 30.7 Å². The van der Waals surface area contributed by atoms with Crippen LogP contribution in [0.4, 0.5) is 5.69 Å². The van der Waals surface area contributed by atoms with Gasteiger partial charge in [-0.05, 0) is 5.56 Å². The Morgan fingerprint density at radius 3 is 2.22 bits per heavy atom. The molecule has 0 aliphatic heterocycles. The van der Waals surface area contributed by atoms with E-state index in [1.807, 2.05) is 27.7 Å². The Hall–Kier alpha value is -0.862. The van der Waals surface area contributed by atoms with Gasteiger partial charge in [0.2, 0.25) is 5.91 Å². The normalized spacial score (nSPS) is 7.67. The maximum Gasteiger partial charge on any atom is 0.223 e. The van der Waals surface area contributed by atoms with Crippen molar-refractivity contribution in [2.75, 3.05) is 19.9 Å². The van der Waals surface area contributed by atoms with Gasteiger partial charge in [-0.1, -0.05) is 33.4 Å². The molecular formula is C13H23N2O2W-. The SMILES string of the molecule is CC.CC.CON(C)C(=O)c1c[c-]ccc1N.[W]. The van der Waals surface area contributed by atoms with Gasteiger partial charge in [0.25, 0.3) is 0 Å². The summed E-state index contributed by atoms with van der Waals surface area (Å²) in [6.07, 6.45) is 0. The molecule has 0 fully saturated rings. The molecule has 0 saturated heterocycles. The summed E-state index contributed by atoms with van der Waals surface area (Å²) in [5.74, 6) is -0.281. The Morgan fingerprint density at radius 1 is 1.33 bits per heavy atom. The van der Waals surface area contributed by atoms with Crippen LogP contribution in [0.15, 0.2) is 18.2 Å². The van der Waals surface area contributed by atoms with Gasteiger partial charge in [-0.3, -0.25) is 9.63 Å². The number of benzene rings is 1. The van der Waals surface area contributed by atoms with Gasteiger partial charge in [0.05, 0.1) is 7.11 Å². The molecule has 1 rings (SSSR count). The number of amides is 1. The maximum absolute atomic E-state index is 11.5. The van der Waals surface area contributed by atoms with Gasteiger partial charge in [0, 0.05) is 28.1 Å². The third-order valence-electron chi connectivity index (χ3n) is 1.69. The van der Waals surface area contributed by atoms with Crippen LogP contribution in [0.1, 0.15) is 38.1 Å². The minimum Gasteiger partial charge on any atom is -0.419 e. The summed E-state index contributed by atoms with van der Waals surface area (Å²) in [6, 6.07) is 7.59. The van der Waals surface area contributed by atoms with E-state index in [1.54, 1.807) is 12.1 Å². The summed E-state index contributed by atoms with van der Waals surface area (Å²) >= 11 is 0. The van der Waals surface area contributed by atoms with E-state index in [0.717, 1.165) is 5.06 Å². The summed E-state index contributed by atoms with van der Waals surface area (Å²) in [7, 11) is 2.94. The van der Waals surface area contributed by atoms with Crippen molar-refractivity contribution in [2.24, 2.45) is 0 Å². The zero-order valence-corrected chi connectivity index (χ0v) is 14.9. The average Bonchev–Trinajstić information content (AvgIpc) is 2.42. The predicted octanol–water partition coefficient (Wildman–Crippen LogP) is 2.75. The van der Waals surface area contributed by atoms with Crippen molar-refractivity contribution in [1.29, 1.82) is 0 Å². The number of carbonyl (C=O) groups excluding carboxylic acids is 1. The summed E-state index contributed by atoms with van der Waals surface area (Å²) in [4.78, 5) is 16.2. The van der Waals surface area contributed by atoms with Crippen LogP contribution >= 0.6 is 0 Å². The first-order chi connectivity index (χ1) is 8.16. The van der Waals surface area contributed by atoms with Gasteiger partial charge in [-0.25, -0.2) is 5.06 Å². The monoisotopic (exact) mass is 423 g/mol. The molecule has 0 unspecified atom stereocenters. The number of carbonyl (C=O) groups is 1. The minimum absolute atomic E-state index is 0. The fourth-order valence-electron chi connectivity index (χ4n) is 0.880. The fourth-order valence-corrected chi connectivity index (χ4v) is 0.880. The van der Waals surface area contributed by atoms with E-state index in [2.05, 4.69) is 6.07 Å². The standard InChI is InChI=1S/C9H11N2O2.2C2H6.W/c1-11(13-2)9(12)7-5-3-4-6-8(7)10;2*1-2;/h4-6H,10H2,1-2H3;2*1-2H3;/q-1;;;. The molecule has 5 heteroatoms. The average molecular weight is 423 g/mol. The van der Waals surface area contributed by atoms with Crippen LogP contribution in [-0.4, -0.2) is 25.1 Å². The first kappa shape index (κ1) is 22.3. The second kappa shape index (κ2) is 14.2. The van der Waals surface area contributed by atoms with Crippen molar-refractivity contribution in [3.63, 3.8) is 0 Å². The van der Waals surface area contributed by atoms with Gasteiger partial charge in [0.1, 0.15) is 0 Å². The third kappa shape index (κ3) is 7.46. The Bertz CT molecular complexity index is 320. The number of nitrogens with two attached hydrogens (primary N) is 1. The molecule has 0 heterocycles. The van der Waals surface area contributed by atoms with Gasteiger partial charge < -0.3 is 5.73 Å². The zero-order valence-electron chi connectivity index (χ0n) is 12.0. The molecule has 1 amide bonds. The number of hydrogen-bond donors (Lipinski definition) is 1. The fraction of sp³-hybridized carbons (Fsp3) is 0.462. The molecule has 1 aromatic rings. The molecule has 0 bridgehead atoms. The molecule has 0 atom stereocenters. The first-order valence-electron chi connectivity index (χ1n) is 5.74. The van der Waals surface area contributed by atoms with E-state index < -0.39 is 0 Å². The molecular weight excluding hydrogens is 400 g/mol. The van der Waals surface area contributed by atoms with E-state index in [1.165, 1.54) is 20.2 Å². The second-order valence-electron chi connectivity index (χ2n) is 2.50. The number of anilines is 1. The Balaban J connectivity index is -0.000000409. The van der Waals surface area contributed by atoms with Crippen molar-refractivity contribution in [3.8, 4) is 0 Å². The van der Waals surface area contributed by atoms with Gasteiger partial charge >= 0.3 is 0 Å². The molecule has 1 aromatic carbocycles. The summed E-state index contributed by atoms with van der Waals surface area (Å²) in [5, 5.41) is 1.11. The van der Waals surface area contributed by atoms with Crippen LogP contribution in [0.5, 0.6) is 0 Å². The molecule has 0 aliphatic rings. The van der Waals surface area contributed by atoms with Crippen molar-refractivity contribution in [3.05, 3.63) is 29.8 Å². The minimum atomic E-state index is -0.281. The Morgan fingerprint density at radius 2 is 1.83 bits per heavy atom. The largest absolute Gasteiger partial charge is 0.419 e. The van der Waals surface area contributed by atoms with Crippen LogP contribution in [0.3, 0.4) is 0 Å². The van der Waals surface area contributed by atoms with Crippen LogP contribution < -0.4 is 5.73 Å². The zero-order chi connectivity index (χ0) is 13.8. The maximum atomic E-state index is 11.5. The molecule has 0 aromatic heterocycles. The number of nitrogen functional groups attached to an aromatic ring is 1. The molecule has 0 radical (unpaired) electrons. The van der Waals surface area contributed by atoms with Crippen molar-refractivity contribution >= 4 is 11.6 Å². The molecule has 0 aliphatic carbocycles. The summed E-state index contributed by atoms with van der Waals surface area (Å²) < 4.78 is 0. The molecule has 104 valence electrons. The van der Waals surface area contributed by atoms with E-state index >= 15 is 0 Å². The van der Waals surface area contributed by atoms with Crippen LogP contribution in [0, 0.1) is 6.07 Å². The van der Waals surface area contributed by atoms with Crippen molar-refractivity contribution in [2.45, 2.75) is 27.7 Å². The van der Waals surface area contributed by atoms with Gasteiger partial charge in [-0.2, -0.15) is 18.2 Å². The van der Waals surface area contributed by atoms with E-state index in [0.29, 0.717) is 11.3 Å². The van der Waals surface area contributed by atoms with E-state index in [-0.39, 0.29) is 27.0 Å². The molecule has 4 nitrogen and oxygen atoms in total. The second-order valence-corrected chi connectivity index (χ2v) is 2.50. The number of rotatable bonds is 2. The third-order valence-corrected chi connectivity index (χ3v) is 1.69. The molecule has 2 N–H and O–H groups in total. The Labute approximate surface area is 125 Å². The Kier molecular flexibility index (Phi) is 17.6. The van der Waals surface area contributed by atoms with Crippen molar-refractivity contribution in [1.82, 2.24) is 5.06 Å². The van der Waals surface area contributed by atoms with Crippen LogP contribution in [0.25, 0.3) is 0 Å². The van der Waals surface area contributed by atoms with Crippen LogP contribution in [-0.2, 0) is 25.9 Å². The van der Waals surface area contributed by atoms with Gasteiger partial charge in [-0.15, -0.1) is 6.07 Å². The number of nitrogens with zero attached hydrogens (tertiary/aromatic N) is 1. The molecule has 0 spiro atoms. The predicted molar refractivity (Wildman–Crippen MR) is 71.5 cm³/mol. The van der Waals surface area contributed by atoms with Crippen LogP contribution in [0.2, 0.25) is 0 Å². The first-order valence-corrected chi connectivity index (χ1v) is 5.74. The smallest absolute Gasteiger partial charge is 0.223 e. The number of hydrogen-bond acceptors (Lipinski definition) is 3. The summed E-state index contributed by atoms with van der Waals surface area (Å²) in [6.45, 7) is 8.00. The van der Waals surface area contributed by atoms with Gasteiger partial charge in [0.15, 0.2) is 0 Å². The quantitative estimate of drug-likeness (QED) is 0.452.